The number of hydrogen-bond donors (Lipinski definition) is 0. The molecule has 0 amide bonds. The van der Waals surface area contributed by atoms with E-state index in [4.69, 9.17) is 11.6 Å². The Hall–Kier alpha value is -0.100. The number of anilines is 1. The first kappa shape index (κ1) is 11.4. The first-order chi connectivity index (χ1) is 7.15. The van der Waals surface area contributed by atoms with Gasteiger partial charge in [-0.25, -0.2) is 9.97 Å². The van der Waals surface area contributed by atoms with Gasteiger partial charge in [0.2, 0.25) is 0 Å². The summed E-state index contributed by atoms with van der Waals surface area (Å²) in [6, 6.07) is 1.85. The molecule has 1 aliphatic rings. The summed E-state index contributed by atoms with van der Waals surface area (Å²) in [5.74, 6) is 1.70. The monoisotopic (exact) mass is 337 g/mol. The van der Waals surface area contributed by atoms with E-state index in [9.17, 15) is 0 Å². The molecule has 1 aromatic rings. The summed E-state index contributed by atoms with van der Waals surface area (Å²) in [6.07, 6.45) is 2.55. The van der Waals surface area contributed by atoms with Crippen molar-refractivity contribution in [3.63, 3.8) is 0 Å². The van der Waals surface area contributed by atoms with Gasteiger partial charge in [-0.1, -0.05) is 18.5 Å². The minimum atomic E-state index is 0.530. The first-order valence-corrected chi connectivity index (χ1v) is 6.56. The van der Waals surface area contributed by atoms with E-state index in [0.29, 0.717) is 8.98 Å². The predicted octanol–water partition coefficient (Wildman–Crippen LogP) is 2.97. The van der Waals surface area contributed by atoms with E-state index in [2.05, 4.69) is 44.4 Å². The molecule has 0 bridgehead atoms. The molecule has 1 unspecified atom stereocenters. The molecule has 3 nitrogen and oxygen atoms in total. The van der Waals surface area contributed by atoms with Crippen molar-refractivity contribution in [2.45, 2.75) is 19.8 Å². The van der Waals surface area contributed by atoms with Crippen LogP contribution in [0.4, 0.5) is 5.82 Å². The van der Waals surface area contributed by atoms with Crippen LogP contribution in [-0.2, 0) is 0 Å². The summed E-state index contributed by atoms with van der Waals surface area (Å²) in [5.41, 5.74) is 0. The second-order valence-electron chi connectivity index (χ2n) is 4.01. The molecule has 1 saturated heterocycles. The van der Waals surface area contributed by atoms with Gasteiger partial charge < -0.3 is 4.90 Å². The molecule has 0 radical (unpaired) electrons. The van der Waals surface area contributed by atoms with Crippen molar-refractivity contribution >= 4 is 40.0 Å². The second-order valence-corrected chi connectivity index (χ2v) is 5.36. The second kappa shape index (κ2) is 4.82. The number of hydrogen-bond acceptors (Lipinski definition) is 3. The number of nitrogens with zero attached hydrogens (tertiary/aromatic N) is 3. The van der Waals surface area contributed by atoms with E-state index < -0.39 is 0 Å². The molecular weight excluding hydrogens is 324 g/mol. The molecule has 82 valence electrons. The quantitative estimate of drug-likeness (QED) is 0.448. The van der Waals surface area contributed by atoms with Crippen molar-refractivity contribution in [2.24, 2.45) is 5.92 Å². The predicted molar refractivity (Wildman–Crippen MR) is 70.4 cm³/mol. The molecular formula is C10H13ClIN3. The highest BCUT2D eigenvalue weighted by molar-refractivity contribution is 14.1. The third-order valence-electron chi connectivity index (χ3n) is 2.64. The van der Waals surface area contributed by atoms with Crippen molar-refractivity contribution in [1.29, 1.82) is 0 Å². The minimum Gasteiger partial charge on any atom is -0.356 e. The van der Waals surface area contributed by atoms with Crippen LogP contribution in [0.3, 0.4) is 0 Å². The molecule has 1 atom stereocenters. The molecule has 2 heterocycles. The van der Waals surface area contributed by atoms with Gasteiger partial charge in [-0.05, 0) is 18.8 Å². The highest BCUT2D eigenvalue weighted by Gasteiger charge is 2.18. The Labute approximate surface area is 108 Å². The molecule has 1 aromatic heterocycles. The summed E-state index contributed by atoms with van der Waals surface area (Å²) < 4.78 is 0.716. The third-order valence-corrected chi connectivity index (χ3v) is 3.31. The third kappa shape index (κ3) is 2.93. The van der Waals surface area contributed by atoms with Crippen molar-refractivity contribution in [1.82, 2.24) is 9.97 Å². The van der Waals surface area contributed by atoms with Gasteiger partial charge in [0.05, 0.1) is 0 Å². The molecule has 0 N–H and O–H groups in total. The maximum Gasteiger partial charge on any atom is 0.194 e. The van der Waals surface area contributed by atoms with Crippen LogP contribution >= 0.6 is 34.2 Å². The average Bonchev–Trinajstić information content (AvgIpc) is 2.16. The number of piperidine rings is 1. The fraction of sp³-hybridized carbons (Fsp3) is 0.600. The van der Waals surface area contributed by atoms with Crippen molar-refractivity contribution in [3.8, 4) is 0 Å². The molecule has 0 saturated carbocycles. The van der Waals surface area contributed by atoms with Crippen molar-refractivity contribution in [2.75, 3.05) is 18.0 Å². The zero-order valence-corrected chi connectivity index (χ0v) is 11.5. The van der Waals surface area contributed by atoms with E-state index >= 15 is 0 Å². The number of rotatable bonds is 1. The van der Waals surface area contributed by atoms with Crippen LogP contribution in [0.15, 0.2) is 6.07 Å². The Morgan fingerprint density at radius 2 is 2.33 bits per heavy atom. The van der Waals surface area contributed by atoms with Gasteiger partial charge in [-0.15, -0.1) is 0 Å². The van der Waals surface area contributed by atoms with Gasteiger partial charge in [-0.2, -0.15) is 0 Å². The van der Waals surface area contributed by atoms with Crippen LogP contribution in [0.5, 0.6) is 0 Å². The largest absolute Gasteiger partial charge is 0.356 e. The van der Waals surface area contributed by atoms with Crippen LogP contribution in [0.25, 0.3) is 0 Å². The molecule has 5 heteroatoms. The van der Waals surface area contributed by atoms with Gasteiger partial charge in [-0.3, -0.25) is 0 Å². The van der Waals surface area contributed by atoms with Gasteiger partial charge in [0, 0.05) is 41.7 Å². The van der Waals surface area contributed by atoms with Gasteiger partial charge in [0.1, 0.15) is 11.0 Å². The maximum atomic E-state index is 5.92. The van der Waals surface area contributed by atoms with Crippen LogP contribution in [-0.4, -0.2) is 23.1 Å². The van der Waals surface area contributed by atoms with Gasteiger partial charge in [0.25, 0.3) is 0 Å². The van der Waals surface area contributed by atoms with Crippen LogP contribution < -0.4 is 4.90 Å². The summed E-state index contributed by atoms with van der Waals surface area (Å²) in [6.45, 7) is 4.43. The molecule has 0 aliphatic carbocycles. The fourth-order valence-electron chi connectivity index (χ4n) is 1.94. The molecule has 0 aromatic carbocycles. The molecule has 0 spiro atoms. The average molecular weight is 338 g/mol. The van der Waals surface area contributed by atoms with Gasteiger partial charge >= 0.3 is 0 Å². The lowest BCUT2D eigenvalue weighted by atomic mass is 10.0. The van der Waals surface area contributed by atoms with E-state index in [0.717, 1.165) is 24.8 Å². The van der Waals surface area contributed by atoms with E-state index in [1.54, 1.807) is 0 Å². The van der Waals surface area contributed by atoms with Crippen LogP contribution in [0.2, 0.25) is 5.15 Å². The SMILES string of the molecule is CC1CCCN(c2cc(Cl)nc(I)n2)C1. The molecule has 1 aliphatic heterocycles. The normalized spacial score (nSPS) is 21.8. The summed E-state index contributed by atoms with van der Waals surface area (Å²) in [5, 5.41) is 0.530. The Morgan fingerprint density at radius 3 is 3.00 bits per heavy atom. The Kier molecular flexibility index (Phi) is 3.66. The Balaban J connectivity index is 2.20. The fourth-order valence-corrected chi connectivity index (χ4v) is 2.77. The highest BCUT2D eigenvalue weighted by Crippen LogP contribution is 2.23. The molecule has 15 heavy (non-hydrogen) atoms. The smallest absolute Gasteiger partial charge is 0.194 e. The van der Waals surface area contributed by atoms with Crippen molar-refractivity contribution in [3.05, 3.63) is 15.1 Å². The lowest BCUT2D eigenvalue weighted by Crippen LogP contribution is -2.35. The lowest BCUT2D eigenvalue weighted by molar-refractivity contribution is 0.444. The van der Waals surface area contributed by atoms with Gasteiger partial charge in [0.15, 0.2) is 3.83 Å². The highest BCUT2D eigenvalue weighted by atomic mass is 127. The molecule has 1 fully saturated rings. The minimum absolute atomic E-state index is 0.530. The van der Waals surface area contributed by atoms with Crippen LogP contribution in [0, 0.1) is 9.75 Å². The summed E-state index contributed by atoms with van der Waals surface area (Å²) >= 11 is 8.02. The van der Waals surface area contributed by atoms with E-state index in [1.807, 2.05) is 6.07 Å². The zero-order chi connectivity index (χ0) is 10.8. The topological polar surface area (TPSA) is 29.0 Å². The van der Waals surface area contributed by atoms with E-state index in [1.165, 1.54) is 12.8 Å². The Bertz CT molecular complexity index is 338. The Morgan fingerprint density at radius 1 is 1.53 bits per heavy atom. The maximum absolute atomic E-state index is 5.92. The van der Waals surface area contributed by atoms with Crippen LogP contribution in [0.1, 0.15) is 19.8 Å². The summed E-state index contributed by atoms with van der Waals surface area (Å²) in [7, 11) is 0. The summed E-state index contributed by atoms with van der Waals surface area (Å²) in [4.78, 5) is 10.8. The van der Waals surface area contributed by atoms with Crippen molar-refractivity contribution < 1.29 is 0 Å². The molecule has 2 rings (SSSR count). The number of aromatic nitrogens is 2. The standard InChI is InChI=1S/C10H13ClIN3/c1-7-3-2-4-15(6-7)9-5-8(11)13-10(12)14-9/h5,7H,2-4,6H2,1H3. The van der Waals surface area contributed by atoms with E-state index in [-0.39, 0.29) is 0 Å². The zero-order valence-electron chi connectivity index (χ0n) is 8.58. The first-order valence-electron chi connectivity index (χ1n) is 5.10. The lowest BCUT2D eigenvalue weighted by Gasteiger charge is -2.31. The number of halogens is 2.